The normalized spacial score (nSPS) is 28.0. The molecule has 3 aliphatic heterocycles. The lowest BCUT2D eigenvalue weighted by Gasteiger charge is -2.31. The number of hydrogen-bond acceptors (Lipinski definition) is 7. The monoisotopic (exact) mass is 498 g/mol. The van der Waals surface area contributed by atoms with Gasteiger partial charge >= 0.3 is 0 Å². The maximum Gasteiger partial charge on any atom is 0.240 e. The summed E-state index contributed by atoms with van der Waals surface area (Å²) in [6.45, 7) is 2.17. The third kappa shape index (κ3) is 3.38. The minimum atomic E-state index is -0.815. The van der Waals surface area contributed by atoms with E-state index in [1.165, 1.54) is 24.1 Å². The first kappa shape index (κ1) is 23.3. The van der Waals surface area contributed by atoms with Gasteiger partial charge in [-0.1, -0.05) is 24.3 Å². The number of nitrogens with zero attached hydrogens (tertiary/aromatic N) is 2. The Labute approximate surface area is 214 Å². The van der Waals surface area contributed by atoms with Crippen molar-refractivity contribution in [3.05, 3.63) is 60.2 Å². The number of rotatable bonds is 6. The highest BCUT2D eigenvalue weighted by atomic mass is 16.5. The Balaban J connectivity index is 1.31. The summed E-state index contributed by atoms with van der Waals surface area (Å²) in [5.41, 5.74) is -0.557. The summed E-state index contributed by atoms with van der Waals surface area (Å²) in [6, 6.07) is 17.5. The number of phenols is 1. The highest BCUT2D eigenvalue weighted by Crippen LogP contribution is 2.62. The van der Waals surface area contributed by atoms with E-state index in [-0.39, 0.29) is 24.2 Å². The Kier molecular flexibility index (Phi) is 5.18. The standard InChI is InChI=1S/C29H26N2O6/c1-28-9-10-29(37-28,11-12-36-20-14-18(32)13-19(15-20)35-2)25-24(28)26(33)31(27(25)34)23-8-7-17(16-30)21-5-3-4-6-22(21)23/h3-8,13-15,24-25,32H,9-12H2,1-2H3. The predicted octanol–water partition coefficient (Wildman–Crippen LogP) is 4.32. The zero-order valence-electron chi connectivity index (χ0n) is 20.6. The molecule has 6 rings (SSSR count). The lowest BCUT2D eigenvalue weighted by molar-refractivity contribution is -0.131. The molecule has 0 saturated carbocycles. The minimum Gasteiger partial charge on any atom is -0.508 e. The van der Waals surface area contributed by atoms with Gasteiger partial charge in [-0.3, -0.25) is 9.59 Å². The van der Waals surface area contributed by atoms with E-state index < -0.39 is 23.0 Å². The number of methoxy groups -OCH3 is 1. The number of benzene rings is 3. The molecule has 3 aromatic carbocycles. The summed E-state index contributed by atoms with van der Waals surface area (Å²) >= 11 is 0. The Morgan fingerprint density at radius 2 is 1.78 bits per heavy atom. The molecule has 3 aromatic rings. The molecular formula is C29H26N2O6. The van der Waals surface area contributed by atoms with Gasteiger partial charge in [0.2, 0.25) is 11.8 Å². The SMILES string of the molecule is COc1cc(O)cc(OCCC23CCC(C)(O2)C2C(=O)N(c4ccc(C#N)c5ccccc45)C(=O)C23)c1. The van der Waals surface area contributed by atoms with Crippen molar-refractivity contribution in [1.82, 2.24) is 0 Å². The second-order valence-corrected chi connectivity index (χ2v) is 10.2. The van der Waals surface area contributed by atoms with Crippen LogP contribution in [-0.4, -0.2) is 41.8 Å². The molecule has 1 N–H and O–H groups in total. The molecule has 0 aliphatic carbocycles. The zero-order chi connectivity index (χ0) is 25.9. The van der Waals surface area contributed by atoms with Crippen molar-refractivity contribution in [2.45, 2.75) is 37.4 Å². The van der Waals surface area contributed by atoms with Crippen LogP contribution in [0, 0.1) is 23.2 Å². The summed E-state index contributed by atoms with van der Waals surface area (Å²) in [5, 5.41) is 20.8. The molecule has 8 heteroatoms. The number of amides is 2. The number of carbonyl (C=O) groups excluding carboxylic acids is 2. The van der Waals surface area contributed by atoms with Crippen LogP contribution in [0.5, 0.6) is 17.2 Å². The molecule has 4 unspecified atom stereocenters. The van der Waals surface area contributed by atoms with Gasteiger partial charge in [0.05, 0.1) is 54.1 Å². The molecule has 8 nitrogen and oxygen atoms in total. The van der Waals surface area contributed by atoms with Gasteiger partial charge in [-0.2, -0.15) is 5.26 Å². The smallest absolute Gasteiger partial charge is 0.240 e. The van der Waals surface area contributed by atoms with Crippen LogP contribution in [0.4, 0.5) is 5.69 Å². The van der Waals surface area contributed by atoms with Gasteiger partial charge in [0, 0.05) is 35.4 Å². The summed E-state index contributed by atoms with van der Waals surface area (Å²) < 4.78 is 17.6. The third-order valence-corrected chi connectivity index (χ3v) is 8.17. The van der Waals surface area contributed by atoms with Crippen LogP contribution in [0.2, 0.25) is 0 Å². The molecule has 3 saturated heterocycles. The lowest BCUT2D eigenvalue weighted by atomic mass is 9.67. The number of fused-ring (bicyclic) bond motifs is 6. The first-order chi connectivity index (χ1) is 17.8. The van der Waals surface area contributed by atoms with Gasteiger partial charge in [-0.05, 0) is 31.9 Å². The molecule has 0 aromatic heterocycles. The molecule has 2 bridgehead atoms. The van der Waals surface area contributed by atoms with Crippen molar-refractivity contribution in [1.29, 1.82) is 5.26 Å². The first-order valence-electron chi connectivity index (χ1n) is 12.3. The van der Waals surface area contributed by atoms with Crippen LogP contribution in [0.3, 0.4) is 0 Å². The van der Waals surface area contributed by atoms with Crippen LogP contribution < -0.4 is 14.4 Å². The quantitative estimate of drug-likeness (QED) is 0.504. The third-order valence-electron chi connectivity index (χ3n) is 8.17. The van der Waals surface area contributed by atoms with E-state index in [0.29, 0.717) is 52.8 Å². The number of aromatic hydroxyl groups is 1. The molecule has 3 heterocycles. The maximum atomic E-state index is 14.0. The van der Waals surface area contributed by atoms with Gasteiger partial charge in [0.1, 0.15) is 17.2 Å². The first-order valence-corrected chi connectivity index (χ1v) is 12.3. The van der Waals surface area contributed by atoms with Crippen molar-refractivity contribution in [3.8, 4) is 23.3 Å². The molecular weight excluding hydrogens is 472 g/mol. The number of phenolic OH excluding ortho intramolecular Hbond substituents is 1. The highest BCUT2D eigenvalue weighted by molar-refractivity contribution is 6.26. The Morgan fingerprint density at radius 3 is 2.54 bits per heavy atom. The fourth-order valence-corrected chi connectivity index (χ4v) is 6.52. The van der Waals surface area contributed by atoms with Crippen molar-refractivity contribution < 1.29 is 28.9 Å². The van der Waals surface area contributed by atoms with Crippen molar-refractivity contribution in [3.63, 3.8) is 0 Å². The Morgan fingerprint density at radius 1 is 1.05 bits per heavy atom. The lowest BCUT2D eigenvalue weighted by Crippen LogP contribution is -2.43. The summed E-state index contributed by atoms with van der Waals surface area (Å²) in [4.78, 5) is 29.1. The largest absolute Gasteiger partial charge is 0.508 e. The van der Waals surface area contributed by atoms with Gasteiger partial charge in [-0.25, -0.2) is 4.90 Å². The van der Waals surface area contributed by atoms with Crippen LogP contribution in [0.25, 0.3) is 10.8 Å². The van der Waals surface area contributed by atoms with Crippen LogP contribution in [0.1, 0.15) is 31.7 Å². The van der Waals surface area contributed by atoms with Crippen molar-refractivity contribution in [2.75, 3.05) is 18.6 Å². The summed E-state index contributed by atoms with van der Waals surface area (Å²) in [5.74, 6) is -0.775. The van der Waals surface area contributed by atoms with Crippen LogP contribution >= 0.6 is 0 Å². The van der Waals surface area contributed by atoms with E-state index in [9.17, 15) is 20.0 Å². The fraction of sp³-hybridized carbons (Fsp3) is 0.345. The molecule has 4 atom stereocenters. The molecule has 3 fully saturated rings. The number of anilines is 1. The molecule has 3 aliphatic rings. The number of nitriles is 1. The van der Waals surface area contributed by atoms with E-state index in [4.69, 9.17) is 14.2 Å². The van der Waals surface area contributed by atoms with E-state index in [0.717, 1.165) is 0 Å². The van der Waals surface area contributed by atoms with Gasteiger partial charge < -0.3 is 19.3 Å². The summed E-state index contributed by atoms with van der Waals surface area (Å²) in [7, 11) is 1.51. The van der Waals surface area contributed by atoms with E-state index in [1.54, 1.807) is 18.2 Å². The number of imide groups is 1. The minimum absolute atomic E-state index is 0.0278. The zero-order valence-corrected chi connectivity index (χ0v) is 20.6. The summed E-state index contributed by atoms with van der Waals surface area (Å²) in [6.07, 6.45) is 1.75. The van der Waals surface area contributed by atoms with Crippen LogP contribution in [0.15, 0.2) is 54.6 Å². The maximum absolute atomic E-state index is 14.0. The highest BCUT2D eigenvalue weighted by Gasteiger charge is 2.73. The average Bonchev–Trinajstić information content (AvgIpc) is 3.47. The number of ether oxygens (including phenoxy) is 3. The van der Waals surface area contributed by atoms with E-state index in [1.807, 2.05) is 31.2 Å². The van der Waals surface area contributed by atoms with Gasteiger partial charge in [0.25, 0.3) is 0 Å². The predicted molar refractivity (Wildman–Crippen MR) is 134 cm³/mol. The van der Waals surface area contributed by atoms with E-state index in [2.05, 4.69) is 6.07 Å². The molecule has 2 amide bonds. The van der Waals surface area contributed by atoms with Gasteiger partial charge in [-0.15, -0.1) is 0 Å². The van der Waals surface area contributed by atoms with Crippen LogP contribution in [-0.2, 0) is 14.3 Å². The molecule has 37 heavy (non-hydrogen) atoms. The average molecular weight is 499 g/mol. The van der Waals surface area contributed by atoms with E-state index >= 15 is 0 Å². The molecule has 0 spiro atoms. The molecule has 0 radical (unpaired) electrons. The van der Waals surface area contributed by atoms with Crippen molar-refractivity contribution in [2.24, 2.45) is 11.8 Å². The number of carbonyl (C=O) groups is 2. The second kappa shape index (κ2) is 8.22. The van der Waals surface area contributed by atoms with Gasteiger partial charge in [0.15, 0.2) is 0 Å². The second-order valence-electron chi connectivity index (χ2n) is 10.2. The topological polar surface area (TPSA) is 109 Å². The fourth-order valence-electron chi connectivity index (χ4n) is 6.52. The number of hydrogen-bond donors (Lipinski definition) is 1. The Hall–Kier alpha value is -4.09. The van der Waals surface area contributed by atoms with Crippen molar-refractivity contribution >= 4 is 28.3 Å². The Bertz CT molecular complexity index is 1500. The molecule has 188 valence electrons.